The van der Waals surface area contributed by atoms with Crippen molar-refractivity contribution < 1.29 is 19.8 Å². The Bertz CT molecular complexity index is 731. The van der Waals surface area contributed by atoms with Crippen LogP contribution in [-0.2, 0) is 9.59 Å². The van der Waals surface area contributed by atoms with E-state index in [9.17, 15) is 19.8 Å². The van der Waals surface area contributed by atoms with Crippen LogP contribution in [0.25, 0.3) is 0 Å². The van der Waals surface area contributed by atoms with Gasteiger partial charge in [-0.1, -0.05) is 41.0 Å². The minimum Gasteiger partial charge on any atom is -0.393 e. The first-order chi connectivity index (χ1) is 13.8. The summed E-state index contributed by atoms with van der Waals surface area (Å²) in [7, 11) is 0. The molecular formula is C26H42O4. The third-order valence-corrected chi connectivity index (χ3v) is 11.2. The molecular weight excluding hydrogens is 376 g/mol. The first-order valence-corrected chi connectivity index (χ1v) is 12.2. The maximum Gasteiger partial charge on any atom is 0.136 e. The second-order valence-electron chi connectivity index (χ2n) is 12.8. The summed E-state index contributed by atoms with van der Waals surface area (Å²) in [6.45, 7) is 13.2. The summed E-state index contributed by atoms with van der Waals surface area (Å²) in [6.07, 6.45) is 6.63. The predicted molar refractivity (Wildman–Crippen MR) is 117 cm³/mol. The molecule has 4 aliphatic rings. The third kappa shape index (κ3) is 2.71. The Morgan fingerprint density at radius 2 is 1.53 bits per heavy atom. The van der Waals surface area contributed by atoms with Crippen LogP contribution in [0.15, 0.2) is 0 Å². The first-order valence-electron chi connectivity index (χ1n) is 12.2. The molecule has 10 atom stereocenters. The topological polar surface area (TPSA) is 74.6 Å². The molecule has 0 aromatic rings. The normalized spacial score (nSPS) is 55.0. The number of rotatable bonds is 2. The van der Waals surface area contributed by atoms with E-state index in [-0.39, 0.29) is 22.5 Å². The van der Waals surface area contributed by atoms with E-state index >= 15 is 0 Å². The lowest BCUT2D eigenvalue weighted by atomic mass is 9.34. The molecule has 0 radical (unpaired) electrons. The van der Waals surface area contributed by atoms with Gasteiger partial charge in [0, 0.05) is 11.3 Å². The largest absolute Gasteiger partial charge is 0.393 e. The Kier molecular flexibility index (Phi) is 5.15. The summed E-state index contributed by atoms with van der Waals surface area (Å²) < 4.78 is 0. The highest BCUT2D eigenvalue weighted by Crippen LogP contribution is 2.73. The van der Waals surface area contributed by atoms with Gasteiger partial charge in [0.2, 0.25) is 0 Å². The molecule has 170 valence electrons. The van der Waals surface area contributed by atoms with Gasteiger partial charge in [-0.3, -0.25) is 4.79 Å². The van der Waals surface area contributed by atoms with Crippen molar-refractivity contribution in [2.45, 2.75) is 98.7 Å². The summed E-state index contributed by atoms with van der Waals surface area (Å²) >= 11 is 0. The Balaban J connectivity index is 1.80. The SMILES string of the molecule is CC(=O)[C@@H]1[C@@H](O)C[C@H]2[C@]3(C)CC[C@H]4C(C)(C)CCC[C@]4(C)[C@H]3C[C@@H](O)[C@]2(C)[C@H]1C=O. The van der Waals surface area contributed by atoms with Crippen LogP contribution in [0, 0.1) is 51.2 Å². The molecule has 2 N–H and O–H groups in total. The van der Waals surface area contributed by atoms with E-state index < -0.39 is 29.5 Å². The van der Waals surface area contributed by atoms with Gasteiger partial charge in [-0.2, -0.15) is 0 Å². The third-order valence-electron chi connectivity index (χ3n) is 11.2. The fraction of sp³-hybridized carbons (Fsp3) is 0.923. The molecule has 0 aromatic heterocycles. The van der Waals surface area contributed by atoms with Crippen LogP contribution in [-0.4, -0.2) is 34.5 Å². The molecule has 0 aliphatic heterocycles. The summed E-state index contributed by atoms with van der Waals surface area (Å²) in [5, 5.41) is 22.6. The van der Waals surface area contributed by atoms with E-state index in [4.69, 9.17) is 0 Å². The highest BCUT2D eigenvalue weighted by Gasteiger charge is 2.70. The quantitative estimate of drug-likeness (QED) is 0.652. The Labute approximate surface area is 182 Å². The summed E-state index contributed by atoms with van der Waals surface area (Å²) in [4.78, 5) is 24.7. The lowest BCUT2D eigenvalue weighted by Crippen LogP contribution is -2.69. The maximum absolute atomic E-state index is 12.4. The van der Waals surface area contributed by atoms with E-state index in [1.807, 2.05) is 6.92 Å². The number of aliphatic hydroxyl groups is 2. The van der Waals surface area contributed by atoms with Crippen LogP contribution >= 0.6 is 0 Å². The molecule has 4 aliphatic carbocycles. The molecule has 0 aromatic carbocycles. The first kappa shape index (κ1) is 22.5. The standard InChI is InChI=1S/C26H42O4/c1-15(28)22-16(14-27)26(6)20(12-17(22)29)25(5)11-8-18-23(2,3)9-7-10-24(18,4)19(25)13-21(26)30/h14,16-22,29-30H,7-13H2,1-6H3/t16-,17-,18-,19+,20-,21+,22-,24-,25+,26+/m0/s1. The van der Waals surface area contributed by atoms with Crippen LogP contribution in [0.3, 0.4) is 0 Å². The molecule has 4 fully saturated rings. The Hall–Kier alpha value is -0.740. The van der Waals surface area contributed by atoms with Crippen molar-refractivity contribution in [2.75, 3.05) is 0 Å². The van der Waals surface area contributed by atoms with E-state index in [0.29, 0.717) is 30.1 Å². The van der Waals surface area contributed by atoms with E-state index in [0.717, 1.165) is 12.7 Å². The summed E-state index contributed by atoms with van der Waals surface area (Å²) in [5.74, 6) is -0.381. The number of fused-ring (bicyclic) bond motifs is 5. The van der Waals surface area contributed by atoms with Crippen molar-refractivity contribution in [3.8, 4) is 0 Å². The minimum atomic E-state index is -0.799. The fourth-order valence-electron chi connectivity index (χ4n) is 9.81. The number of Topliss-reactive ketones (excluding diaryl/α,β-unsaturated/α-hetero) is 1. The van der Waals surface area contributed by atoms with Crippen LogP contribution < -0.4 is 0 Å². The van der Waals surface area contributed by atoms with Gasteiger partial charge in [-0.25, -0.2) is 0 Å². The zero-order valence-electron chi connectivity index (χ0n) is 19.8. The molecule has 30 heavy (non-hydrogen) atoms. The van der Waals surface area contributed by atoms with E-state index in [1.165, 1.54) is 32.6 Å². The van der Waals surface area contributed by atoms with E-state index in [2.05, 4.69) is 27.7 Å². The van der Waals surface area contributed by atoms with Gasteiger partial charge in [0.05, 0.1) is 18.1 Å². The van der Waals surface area contributed by atoms with Gasteiger partial charge >= 0.3 is 0 Å². The highest BCUT2D eigenvalue weighted by atomic mass is 16.3. The Morgan fingerprint density at radius 3 is 2.13 bits per heavy atom. The van der Waals surface area contributed by atoms with Crippen molar-refractivity contribution in [1.29, 1.82) is 0 Å². The van der Waals surface area contributed by atoms with Crippen LogP contribution in [0.2, 0.25) is 0 Å². The molecule has 0 bridgehead atoms. The van der Waals surface area contributed by atoms with Crippen molar-refractivity contribution in [1.82, 2.24) is 0 Å². The molecule has 0 amide bonds. The van der Waals surface area contributed by atoms with Gasteiger partial charge in [-0.15, -0.1) is 0 Å². The molecule has 4 heteroatoms. The molecule has 4 saturated carbocycles. The van der Waals surface area contributed by atoms with Crippen molar-refractivity contribution in [2.24, 2.45) is 51.2 Å². The van der Waals surface area contributed by atoms with Crippen molar-refractivity contribution in [3.63, 3.8) is 0 Å². The molecule has 0 unspecified atom stereocenters. The highest BCUT2D eigenvalue weighted by molar-refractivity contribution is 5.83. The number of hydrogen-bond acceptors (Lipinski definition) is 4. The van der Waals surface area contributed by atoms with Crippen LogP contribution in [0.5, 0.6) is 0 Å². The zero-order chi connectivity index (χ0) is 22.3. The zero-order valence-corrected chi connectivity index (χ0v) is 19.8. The average Bonchev–Trinajstić information content (AvgIpc) is 2.63. The molecule has 0 heterocycles. The molecule has 4 nitrogen and oxygen atoms in total. The van der Waals surface area contributed by atoms with Gasteiger partial charge in [-0.05, 0) is 79.4 Å². The number of hydrogen-bond donors (Lipinski definition) is 2. The van der Waals surface area contributed by atoms with Gasteiger partial charge < -0.3 is 15.0 Å². The smallest absolute Gasteiger partial charge is 0.136 e. The number of aldehydes is 1. The minimum absolute atomic E-state index is 0.0311. The van der Waals surface area contributed by atoms with Gasteiger partial charge in [0.25, 0.3) is 0 Å². The van der Waals surface area contributed by atoms with Gasteiger partial charge in [0.15, 0.2) is 0 Å². The number of aliphatic hydroxyl groups excluding tert-OH is 2. The predicted octanol–water partition coefficient (Wildman–Crippen LogP) is 4.41. The van der Waals surface area contributed by atoms with Crippen LogP contribution in [0.1, 0.15) is 86.5 Å². The molecule has 0 saturated heterocycles. The number of carbonyl (C=O) groups is 2. The lowest BCUT2D eigenvalue weighted by molar-refractivity contribution is -0.256. The van der Waals surface area contributed by atoms with Crippen LogP contribution in [0.4, 0.5) is 0 Å². The second-order valence-corrected chi connectivity index (χ2v) is 12.8. The second kappa shape index (κ2) is 6.88. The van der Waals surface area contributed by atoms with Crippen molar-refractivity contribution >= 4 is 12.1 Å². The maximum atomic E-state index is 12.4. The number of carbonyl (C=O) groups excluding carboxylic acids is 2. The number of ketones is 1. The molecule has 4 rings (SSSR count). The van der Waals surface area contributed by atoms with Gasteiger partial charge in [0.1, 0.15) is 12.1 Å². The summed E-state index contributed by atoms with van der Waals surface area (Å²) in [6, 6.07) is 0. The fourth-order valence-corrected chi connectivity index (χ4v) is 9.81. The summed E-state index contributed by atoms with van der Waals surface area (Å²) in [5.41, 5.74) is -0.195. The van der Waals surface area contributed by atoms with Crippen molar-refractivity contribution in [3.05, 3.63) is 0 Å². The molecule has 0 spiro atoms. The average molecular weight is 419 g/mol. The van der Waals surface area contributed by atoms with E-state index in [1.54, 1.807) is 0 Å². The Morgan fingerprint density at radius 1 is 0.900 bits per heavy atom. The lowest BCUT2D eigenvalue weighted by Gasteiger charge is -2.71. The monoisotopic (exact) mass is 418 g/mol.